The zero-order valence-corrected chi connectivity index (χ0v) is 10.1. The summed E-state index contributed by atoms with van der Waals surface area (Å²) in [5.74, 6) is 1.00. The molecule has 90 valence electrons. The lowest BCUT2D eigenvalue weighted by atomic mass is 10.0. The van der Waals surface area contributed by atoms with Crippen LogP contribution in [0.15, 0.2) is 47.3 Å². The van der Waals surface area contributed by atoms with E-state index in [1.165, 1.54) is 5.56 Å². The lowest BCUT2D eigenvalue weighted by Gasteiger charge is -2.17. The molecule has 1 N–H and O–H groups in total. The largest absolute Gasteiger partial charge is 0.469 e. The lowest BCUT2D eigenvalue weighted by Crippen LogP contribution is -2.24. The molecule has 0 saturated heterocycles. The average Bonchev–Trinajstić information content (AvgIpc) is 2.88. The van der Waals surface area contributed by atoms with Crippen LogP contribution in [0.2, 0.25) is 0 Å². The third-order valence-electron chi connectivity index (χ3n) is 2.71. The number of hydrogen-bond acceptors (Lipinski definition) is 3. The van der Waals surface area contributed by atoms with Gasteiger partial charge in [0, 0.05) is 24.9 Å². The van der Waals surface area contributed by atoms with Gasteiger partial charge in [-0.05, 0) is 36.7 Å². The van der Waals surface area contributed by atoms with Gasteiger partial charge < -0.3 is 9.73 Å². The number of rotatable bonds is 6. The normalized spacial score (nSPS) is 12.5. The quantitative estimate of drug-likeness (QED) is 0.829. The lowest BCUT2D eigenvalue weighted by molar-refractivity contribution is 0.448. The zero-order valence-electron chi connectivity index (χ0n) is 10.1. The van der Waals surface area contributed by atoms with E-state index in [1.807, 2.05) is 24.4 Å². The molecule has 2 aromatic heterocycles. The van der Waals surface area contributed by atoms with E-state index in [-0.39, 0.29) is 6.04 Å². The minimum absolute atomic E-state index is 0.273. The molecule has 0 aliphatic heterocycles. The second-order valence-corrected chi connectivity index (χ2v) is 4.08. The molecule has 0 bridgehead atoms. The fraction of sp³-hybridized carbons (Fsp3) is 0.357. The summed E-state index contributed by atoms with van der Waals surface area (Å²) in [6.45, 7) is 3.17. The van der Waals surface area contributed by atoms with E-state index in [0.29, 0.717) is 0 Å². The predicted molar refractivity (Wildman–Crippen MR) is 67.7 cm³/mol. The molecule has 0 spiro atoms. The Hall–Kier alpha value is -1.61. The first kappa shape index (κ1) is 11.9. The third kappa shape index (κ3) is 3.43. The molecule has 3 heteroatoms. The minimum Gasteiger partial charge on any atom is -0.469 e. The Morgan fingerprint density at radius 2 is 2.29 bits per heavy atom. The van der Waals surface area contributed by atoms with Gasteiger partial charge in [0.1, 0.15) is 5.76 Å². The maximum absolute atomic E-state index is 5.41. The number of hydrogen-bond donors (Lipinski definition) is 1. The van der Waals surface area contributed by atoms with Gasteiger partial charge in [-0.1, -0.05) is 13.0 Å². The molecule has 17 heavy (non-hydrogen) atoms. The minimum atomic E-state index is 0.273. The summed E-state index contributed by atoms with van der Waals surface area (Å²) in [6.07, 6.45) is 7.41. The van der Waals surface area contributed by atoms with Gasteiger partial charge in [-0.15, -0.1) is 0 Å². The Labute approximate surface area is 102 Å². The summed E-state index contributed by atoms with van der Waals surface area (Å²) in [5.41, 5.74) is 1.21. The molecule has 3 nitrogen and oxygen atoms in total. The SMILES string of the molecule is CCCNC(Cc1ccco1)c1cccnc1. The van der Waals surface area contributed by atoms with Gasteiger partial charge in [0.25, 0.3) is 0 Å². The van der Waals surface area contributed by atoms with Crippen molar-refractivity contribution in [3.63, 3.8) is 0 Å². The fourth-order valence-electron chi connectivity index (χ4n) is 1.84. The second kappa shape index (κ2) is 6.21. The van der Waals surface area contributed by atoms with Crippen LogP contribution in [-0.4, -0.2) is 11.5 Å². The van der Waals surface area contributed by atoms with Gasteiger partial charge in [-0.25, -0.2) is 0 Å². The fourth-order valence-corrected chi connectivity index (χ4v) is 1.84. The average molecular weight is 230 g/mol. The van der Waals surface area contributed by atoms with E-state index in [4.69, 9.17) is 4.42 Å². The number of nitrogens with one attached hydrogen (secondary N) is 1. The summed E-state index contributed by atoms with van der Waals surface area (Å²) in [7, 11) is 0. The van der Waals surface area contributed by atoms with E-state index in [2.05, 4.69) is 23.3 Å². The van der Waals surface area contributed by atoms with Crippen molar-refractivity contribution >= 4 is 0 Å². The molecule has 0 fully saturated rings. The van der Waals surface area contributed by atoms with Crippen LogP contribution in [0.4, 0.5) is 0 Å². The molecule has 1 unspecified atom stereocenters. The first-order chi connectivity index (χ1) is 8.40. The molecular formula is C14H18N2O. The number of aromatic nitrogens is 1. The van der Waals surface area contributed by atoms with E-state index in [9.17, 15) is 0 Å². The van der Waals surface area contributed by atoms with Crippen LogP contribution < -0.4 is 5.32 Å². The van der Waals surface area contributed by atoms with Crippen molar-refractivity contribution in [1.82, 2.24) is 10.3 Å². The summed E-state index contributed by atoms with van der Waals surface area (Å²) >= 11 is 0. The Morgan fingerprint density at radius 1 is 1.35 bits per heavy atom. The van der Waals surface area contributed by atoms with Crippen LogP contribution in [0.3, 0.4) is 0 Å². The van der Waals surface area contributed by atoms with Crippen LogP contribution >= 0.6 is 0 Å². The third-order valence-corrected chi connectivity index (χ3v) is 2.71. The maximum atomic E-state index is 5.41. The smallest absolute Gasteiger partial charge is 0.105 e. The van der Waals surface area contributed by atoms with Crippen molar-refractivity contribution in [2.45, 2.75) is 25.8 Å². The van der Waals surface area contributed by atoms with Gasteiger partial charge in [-0.3, -0.25) is 4.98 Å². The Morgan fingerprint density at radius 3 is 2.94 bits per heavy atom. The van der Waals surface area contributed by atoms with Crippen molar-refractivity contribution in [2.24, 2.45) is 0 Å². The van der Waals surface area contributed by atoms with Crippen molar-refractivity contribution in [1.29, 1.82) is 0 Å². The van der Waals surface area contributed by atoms with Crippen molar-refractivity contribution < 1.29 is 4.42 Å². The first-order valence-corrected chi connectivity index (χ1v) is 6.06. The topological polar surface area (TPSA) is 38.1 Å². The predicted octanol–water partition coefficient (Wildman–Crippen LogP) is 2.96. The highest BCUT2D eigenvalue weighted by Crippen LogP contribution is 2.17. The molecule has 0 aliphatic carbocycles. The monoisotopic (exact) mass is 230 g/mol. The molecule has 0 saturated carbocycles. The van der Waals surface area contributed by atoms with E-state index >= 15 is 0 Å². The summed E-state index contributed by atoms with van der Waals surface area (Å²) in [4.78, 5) is 4.17. The number of pyridine rings is 1. The maximum Gasteiger partial charge on any atom is 0.105 e. The summed E-state index contributed by atoms with van der Waals surface area (Å²) in [6, 6.07) is 8.28. The van der Waals surface area contributed by atoms with Gasteiger partial charge >= 0.3 is 0 Å². The molecule has 0 aromatic carbocycles. The highest BCUT2D eigenvalue weighted by molar-refractivity contribution is 5.16. The number of nitrogens with zero attached hydrogens (tertiary/aromatic N) is 1. The molecule has 0 aliphatic rings. The van der Waals surface area contributed by atoms with Crippen LogP contribution in [-0.2, 0) is 6.42 Å². The molecule has 2 rings (SSSR count). The van der Waals surface area contributed by atoms with Crippen LogP contribution in [0.25, 0.3) is 0 Å². The highest BCUT2D eigenvalue weighted by atomic mass is 16.3. The molecule has 2 aromatic rings. The van der Waals surface area contributed by atoms with Crippen molar-refractivity contribution in [2.75, 3.05) is 6.54 Å². The molecule has 0 amide bonds. The van der Waals surface area contributed by atoms with Crippen LogP contribution in [0.1, 0.15) is 30.7 Å². The molecule has 0 radical (unpaired) electrons. The van der Waals surface area contributed by atoms with Crippen LogP contribution in [0.5, 0.6) is 0 Å². The van der Waals surface area contributed by atoms with Gasteiger partial charge in [-0.2, -0.15) is 0 Å². The highest BCUT2D eigenvalue weighted by Gasteiger charge is 2.12. The second-order valence-electron chi connectivity index (χ2n) is 4.08. The Bertz CT molecular complexity index is 411. The Balaban J connectivity index is 2.08. The summed E-state index contributed by atoms with van der Waals surface area (Å²) < 4.78 is 5.41. The summed E-state index contributed by atoms with van der Waals surface area (Å²) in [5, 5.41) is 3.52. The first-order valence-electron chi connectivity index (χ1n) is 6.06. The van der Waals surface area contributed by atoms with E-state index in [0.717, 1.165) is 25.1 Å². The molecule has 2 heterocycles. The molecular weight excluding hydrogens is 212 g/mol. The molecule has 1 atom stereocenters. The van der Waals surface area contributed by atoms with E-state index < -0.39 is 0 Å². The van der Waals surface area contributed by atoms with Crippen molar-refractivity contribution in [3.8, 4) is 0 Å². The zero-order chi connectivity index (χ0) is 11.9. The standard InChI is InChI=1S/C14H18N2O/c1-2-7-16-14(10-13-6-4-9-17-13)12-5-3-8-15-11-12/h3-6,8-9,11,14,16H,2,7,10H2,1H3. The van der Waals surface area contributed by atoms with Gasteiger partial charge in [0.05, 0.1) is 6.26 Å². The van der Waals surface area contributed by atoms with Crippen LogP contribution in [0, 0.1) is 0 Å². The van der Waals surface area contributed by atoms with Gasteiger partial charge in [0.2, 0.25) is 0 Å². The van der Waals surface area contributed by atoms with Gasteiger partial charge in [0.15, 0.2) is 0 Å². The van der Waals surface area contributed by atoms with Crippen molar-refractivity contribution in [3.05, 3.63) is 54.2 Å². The number of furan rings is 1. The Kier molecular flexibility index (Phi) is 4.33. The van der Waals surface area contributed by atoms with E-state index in [1.54, 1.807) is 12.5 Å².